The van der Waals surface area contributed by atoms with E-state index in [1.165, 1.54) is 12.1 Å². The highest BCUT2D eigenvalue weighted by Gasteiger charge is 2.20. The number of rotatable bonds is 2. The Morgan fingerprint density at radius 2 is 1.56 bits per heavy atom. The predicted octanol–water partition coefficient (Wildman–Crippen LogP) is 1.45. The fourth-order valence-corrected chi connectivity index (χ4v) is 2.25. The second-order valence-electron chi connectivity index (χ2n) is 3.00. The lowest BCUT2D eigenvalue weighted by atomic mass is 10.4. The Balaban J connectivity index is 2.52. The lowest BCUT2D eigenvalue weighted by Crippen LogP contribution is -2.06. The van der Waals surface area contributed by atoms with Crippen LogP contribution in [0.2, 0.25) is 0 Å². The van der Waals surface area contributed by atoms with E-state index in [1.807, 2.05) is 0 Å². The summed E-state index contributed by atoms with van der Waals surface area (Å²) in [5, 5.41) is -0.403. The van der Waals surface area contributed by atoms with Gasteiger partial charge in [-0.1, -0.05) is 18.2 Å². The average Bonchev–Trinajstić information content (AvgIpc) is 2.31. The Morgan fingerprint density at radius 1 is 1.00 bits per heavy atom. The largest absolute Gasteiger partial charge is 0.252 e. The van der Waals surface area contributed by atoms with Gasteiger partial charge in [0, 0.05) is 0 Å². The summed E-state index contributed by atoms with van der Waals surface area (Å²) in [7, 11) is -3.74. The zero-order chi connectivity index (χ0) is 11.6. The molecule has 1 aromatic carbocycles. The van der Waals surface area contributed by atoms with Crippen molar-refractivity contribution in [3.63, 3.8) is 0 Å². The molecule has 6 heteroatoms. The van der Waals surface area contributed by atoms with E-state index in [0.29, 0.717) is 0 Å². The van der Waals surface area contributed by atoms with Crippen molar-refractivity contribution in [3.8, 4) is 0 Å². The molecule has 0 spiro atoms. The van der Waals surface area contributed by atoms with Crippen molar-refractivity contribution in [1.82, 2.24) is 9.97 Å². The Kier molecular flexibility index (Phi) is 2.66. The van der Waals surface area contributed by atoms with Crippen molar-refractivity contribution in [1.29, 1.82) is 0 Å². The van der Waals surface area contributed by atoms with Crippen LogP contribution < -0.4 is 0 Å². The van der Waals surface area contributed by atoms with E-state index < -0.39 is 20.8 Å². The van der Waals surface area contributed by atoms with Gasteiger partial charge in [-0.05, 0) is 12.1 Å². The van der Waals surface area contributed by atoms with Crippen molar-refractivity contribution in [2.75, 3.05) is 0 Å². The van der Waals surface area contributed by atoms with Gasteiger partial charge < -0.3 is 0 Å². The normalized spacial score (nSPS) is 11.3. The third kappa shape index (κ3) is 1.92. The molecular weight excluding hydrogens is 231 g/mol. The number of hydrogen-bond donors (Lipinski definition) is 0. The van der Waals surface area contributed by atoms with Gasteiger partial charge in [0.05, 0.1) is 17.3 Å². The second kappa shape index (κ2) is 3.97. The maximum atomic E-state index is 12.6. The lowest BCUT2D eigenvalue weighted by molar-refractivity contribution is 0.576. The molecule has 2 aromatic rings. The van der Waals surface area contributed by atoms with E-state index in [-0.39, 0.29) is 4.90 Å². The monoisotopic (exact) mass is 238 g/mol. The van der Waals surface area contributed by atoms with E-state index in [9.17, 15) is 12.8 Å². The minimum absolute atomic E-state index is 0.0848. The molecule has 1 aromatic heterocycles. The molecule has 0 aliphatic carbocycles. The van der Waals surface area contributed by atoms with Crippen LogP contribution in [-0.2, 0) is 9.84 Å². The number of halogens is 1. The van der Waals surface area contributed by atoms with E-state index in [0.717, 1.165) is 12.4 Å². The van der Waals surface area contributed by atoms with Crippen molar-refractivity contribution in [2.24, 2.45) is 0 Å². The van der Waals surface area contributed by atoms with Crippen molar-refractivity contribution >= 4 is 9.84 Å². The third-order valence-corrected chi connectivity index (χ3v) is 3.47. The highest BCUT2D eigenvalue weighted by atomic mass is 32.2. The number of aromatic nitrogens is 2. The van der Waals surface area contributed by atoms with Gasteiger partial charge in [0.1, 0.15) is 0 Å². The van der Waals surface area contributed by atoms with Crippen molar-refractivity contribution in [2.45, 2.75) is 10.1 Å². The number of nitrogens with zero attached hydrogens (tertiary/aromatic N) is 2. The first-order valence-electron chi connectivity index (χ1n) is 4.38. The Labute approximate surface area is 91.7 Å². The second-order valence-corrected chi connectivity index (χ2v) is 4.84. The first-order chi connectivity index (χ1) is 7.60. The van der Waals surface area contributed by atoms with Crippen molar-refractivity contribution < 1.29 is 12.8 Å². The van der Waals surface area contributed by atoms with E-state index >= 15 is 0 Å². The summed E-state index contributed by atoms with van der Waals surface area (Å²) in [4.78, 5) is 6.99. The van der Waals surface area contributed by atoms with E-state index in [1.54, 1.807) is 18.2 Å². The van der Waals surface area contributed by atoms with E-state index in [4.69, 9.17) is 0 Å². The molecule has 0 bridgehead atoms. The Hall–Kier alpha value is -1.82. The molecule has 0 amide bonds. The maximum absolute atomic E-state index is 12.6. The fourth-order valence-electron chi connectivity index (χ4n) is 1.14. The van der Waals surface area contributed by atoms with Gasteiger partial charge in [0.2, 0.25) is 9.84 Å². The van der Waals surface area contributed by atoms with Crippen molar-refractivity contribution in [3.05, 3.63) is 48.5 Å². The molecular formula is C10H7FN2O2S. The predicted molar refractivity (Wildman–Crippen MR) is 53.9 cm³/mol. The SMILES string of the molecule is O=S(=O)(c1ccccc1)c1ncc(F)cn1. The Morgan fingerprint density at radius 3 is 2.12 bits per heavy atom. The molecule has 0 radical (unpaired) electrons. The molecule has 82 valence electrons. The molecule has 0 atom stereocenters. The van der Waals surface area contributed by atoms with Gasteiger partial charge in [0.25, 0.3) is 5.16 Å². The van der Waals surface area contributed by atoms with Crippen LogP contribution in [0.25, 0.3) is 0 Å². The molecule has 0 N–H and O–H groups in total. The van der Waals surface area contributed by atoms with Crippen LogP contribution in [0, 0.1) is 5.82 Å². The maximum Gasteiger partial charge on any atom is 0.252 e. The van der Waals surface area contributed by atoms with Gasteiger partial charge in [-0.15, -0.1) is 0 Å². The smallest absolute Gasteiger partial charge is 0.223 e. The third-order valence-electron chi connectivity index (χ3n) is 1.89. The summed E-state index contributed by atoms with van der Waals surface area (Å²) in [6, 6.07) is 7.75. The van der Waals surface area contributed by atoms with Gasteiger partial charge >= 0.3 is 0 Å². The molecule has 2 rings (SSSR count). The molecule has 0 saturated carbocycles. The summed E-state index contributed by atoms with van der Waals surface area (Å²) >= 11 is 0. The van der Waals surface area contributed by atoms with E-state index in [2.05, 4.69) is 9.97 Å². The summed E-state index contributed by atoms with van der Waals surface area (Å²) in [6.45, 7) is 0. The van der Waals surface area contributed by atoms with Crippen LogP contribution in [0.5, 0.6) is 0 Å². The molecule has 1 heterocycles. The molecule has 0 aliphatic rings. The van der Waals surface area contributed by atoms with Crippen LogP contribution in [0.1, 0.15) is 0 Å². The molecule has 0 fully saturated rings. The molecule has 0 aliphatic heterocycles. The van der Waals surface area contributed by atoms with Crippen LogP contribution in [-0.4, -0.2) is 18.4 Å². The first-order valence-corrected chi connectivity index (χ1v) is 5.87. The minimum atomic E-state index is -3.74. The van der Waals surface area contributed by atoms with Crippen LogP contribution >= 0.6 is 0 Å². The zero-order valence-corrected chi connectivity index (χ0v) is 8.86. The first kappa shape index (κ1) is 10.7. The topological polar surface area (TPSA) is 59.9 Å². The fraction of sp³-hybridized carbons (Fsp3) is 0. The highest BCUT2D eigenvalue weighted by molar-refractivity contribution is 7.91. The highest BCUT2D eigenvalue weighted by Crippen LogP contribution is 2.16. The van der Waals surface area contributed by atoms with Gasteiger partial charge in [-0.3, -0.25) is 0 Å². The van der Waals surface area contributed by atoms with Gasteiger partial charge in [0.15, 0.2) is 5.82 Å². The molecule has 4 nitrogen and oxygen atoms in total. The lowest BCUT2D eigenvalue weighted by Gasteiger charge is -2.01. The summed E-state index contributed by atoms with van der Waals surface area (Å²) in [5.41, 5.74) is 0. The Bertz CT molecular complexity index is 582. The molecule has 0 saturated heterocycles. The van der Waals surface area contributed by atoms with Gasteiger partial charge in [-0.25, -0.2) is 22.8 Å². The summed E-state index contributed by atoms with van der Waals surface area (Å²) in [5.74, 6) is -0.674. The van der Waals surface area contributed by atoms with Gasteiger partial charge in [-0.2, -0.15) is 0 Å². The quantitative estimate of drug-likeness (QED) is 0.743. The van der Waals surface area contributed by atoms with Crippen LogP contribution in [0.15, 0.2) is 52.8 Å². The standard InChI is InChI=1S/C10H7FN2O2S/c11-8-6-12-10(13-7-8)16(14,15)9-4-2-1-3-5-9/h1-7H. The number of hydrogen-bond acceptors (Lipinski definition) is 4. The minimum Gasteiger partial charge on any atom is -0.223 e. The summed E-state index contributed by atoms with van der Waals surface area (Å²) < 4.78 is 36.4. The zero-order valence-electron chi connectivity index (χ0n) is 8.04. The average molecular weight is 238 g/mol. The molecule has 0 unspecified atom stereocenters. The van der Waals surface area contributed by atoms with Crippen LogP contribution in [0.4, 0.5) is 4.39 Å². The van der Waals surface area contributed by atoms with Crippen LogP contribution in [0.3, 0.4) is 0 Å². The summed E-state index contributed by atoms with van der Waals surface area (Å²) in [6.07, 6.45) is 1.64. The number of benzene rings is 1. The molecule has 16 heavy (non-hydrogen) atoms. The number of sulfone groups is 1.